The number of halogens is 1. The molecule has 2 bridgehead atoms. The summed E-state index contributed by atoms with van der Waals surface area (Å²) in [6.07, 6.45) is 2.46. The van der Waals surface area contributed by atoms with Crippen molar-refractivity contribution in [1.82, 2.24) is 19.5 Å². The van der Waals surface area contributed by atoms with Crippen LogP contribution in [0.5, 0.6) is 0 Å². The van der Waals surface area contributed by atoms with Crippen molar-refractivity contribution in [2.75, 3.05) is 13.2 Å². The molecule has 4 atom stereocenters. The Balaban J connectivity index is 1.43. The van der Waals surface area contributed by atoms with Crippen LogP contribution in [0, 0.1) is 0 Å². The van der Waals surface area contributed by atoms with Gasteiger partial charge in [-0.25, -0.2) is 15.0 Å². The van der Waals surface area contributed by atoms with Gasteiger partial charge in [0.05, 0.1) is 25.6 Å². The lowest BCUT2D eigenvalue weighted by molar-refractivity contribution is -0.227. The van der Waals surface area contributed by atoms with Gasteiger partial charge in [0.1, 0.15) is 30.8 Å². The van der Waals surface area contributed by atoms with Gasteiger partial charge < -0.3 is 18.9 Å². The lowest BCUT2D eigenvalue weighted by Gasteiger charge is -2.42. The second kappa shape index (κ2) is 8.16. The van der Waals surface area contributed by atoms with Gasteiger partial charge in [-0.2, -0.15) is 0 Å². The van der Waals surface area contributed by atoms with Crippen LogP contribution >= 0.6 is 11.6 Å². The number of imidazole rings is 1. The minimum absolute atomic E-state index is 0.0250. The number of aromatic nitrogens is 4. The fraction of sp³-hybridized carbons (Fsp3) is 0.429. The molecule has 1 aromatic carbocycles. The third-order valence-corrected chi connectivity index (χ3v) is 5.90. The van der Waals surface area contributed by atoms with E-state index in [1.54, 1.807) is 10.9 Å². The van der Waals surface area contributed by atoms with Crippen molar-refractivity contribution in [3.8, 4) is 0 Å². The molecule has 0 radical (unpaired) electrons. The Morgan fingerprint density at radius 1 is 1.29 bits per heavy atom. The summed E-state index contributed by atoms with van der Waals surface area (Å²) in [7, 11) is 0. The van der Waals surface area contributed by atoms with Gasteiger partial charge in [-0.1, -0.05) is 41.9 Å². The van der Waals surface area contributed by atoms with E-state index >= 15 is 0 Å². The minimum Gasteiger partial charge on any atom is -0.463 e. The molecule has 5 rings (SSSR count). The zero-order valence-corrected chi connectivity index (χ0v) is 17.6. The summed E-state index contributed by atoms with van der Waals surface area (Å²) < 4.78 is 26.0. The average Bonchev–Trinajstić information content (AvgIpc) is 3.29. The Hall–Kier alpha value is -2.59. The molecule has 2 aliphatic rings. The summed E-state index contributed by atoms with van der Waals surface area (Å²) >= 11 is 6.14. The van der Waals surface area contributed by atoms with E-state index < -0.39 is 23.9 Å². The highest BCUT2D eigenvalue weighted by Gasteiger charge is 2.58. The number of fused-ring (bicyclic) bond motifs is 3. The highest BCUT2D eigenvalue weighted by atomic mass is 35.5. The number of carbonyl (C=O) groups excluding carboxylic acids is 1. The Labute approximate surface area is 183 Å². The van der Waals surface area contributed by atoms with E-state index in [1.807, 2.05) is 30.3 Å². The highest BCUT2D eigenvalue weighted by Crippen LogP contribution is 2.44. The van der Waals surface area contributed by atoms with Gasteiger partial charge in [-0.3, -0.25) is 9.36 Å². The first-order valence-corrected chi connectivity index (χ1v) is 10.3. The lowest BCUT2D eigenvalue weighted by Crippen LogP contribution is -2.56. The molecule has 2 aromatic heterocycles. The maximum Gasteiger partial charge on any atom is 0.302 e. The highest BCUT2D eigenvalue weighted by molar-refractivity contribution is 6.33. The van der Waals surface area contributed by atoms with Crippen LogP contribution in [0.1, 0.15) is 25.1 Å². The van der Waals surface area contributed by atoms with E-state index in [9.17, 15) is 4.79 Å². The van der Waals surface area contributed by atoms with E-state index in [2.05, 4.69) is 15.0 Å². The number of hydrogen-bond acceptors (Lipinski definition) is 8. The summed E-state index contributed by atoms with van der Waals surface area (Å²) in [5, 5.41) is 0.275. The van der Waals surface area contributed by atoms with Gasteiger partial charge in [-0.05, 0) is 5.56 Å². The summed E-state index contributed by atoms with van der Waals surface area (Å²) in [6, 6.07) is 9.87. The number of hydrogen-bond donors (Lipinski definition) is 0. The minimum atomic E-state index is -0.943. The second-order valence-corrected chi connectivity index (χ2v) is 8.07. The van der Waals surface area contributed by atoms with Crippen LogP contribution in [-0.2, 0) is 30.3 Å². The van der Waals surface area contributed by atoms with Gasteiger partial charge in [0.15, 0.2) is 16.4 Å². The molecule has 10 heteroatoms. The molecule has 0 saturated carbocycles. The molecule has 162 valence electrons. The zero-order chi connectivity index (χ0) is 21.4. The predicted octanol–water partition coefficient (Wildman–Crippen LogP) is 2.68. The van der Waals surface area contributed by atoms with Gasteiger partial charge in [-0.15, -0.1) is 0 Å². The van der Waals surface area contributed by atoms with E-state index in [1.165, 1.54) is 13.3 Å². The van der Waals surface area contributed by atoms with E-state index in [-0.39, 0.29) is 24.5 Å². The molecule has 2 aliphatic heterocycles. The molecule has 2 fully saturated rings. The van der Waals surface area contributed by atoms with Crippen LogP contribution in [0.2, 0.25) is 5.15 Å². The van der Waals surface area contributed by atoms with Crippen LogP contribution in [0.25, 0.3) is 11.2 Å². The fourth-order valence-corrected chi connectivity index (χ4v) is 4.35. The van der Waals surface area contributed by atoms with E-state index in [4.69, 9.17) is 30.5 Å². The molecule has 0 aliphatic carbocycles. The predicted molar refractivity (Wildman–Crippen MR) is 109 cm³/mol. The number of ether oxygens (including phenoxy) is 4. The third-order valence-electron chi connectivity index (χ3n) is 5.62. The molecule has 3 aromatic rings. The topological polar surface area (TPSA) is 97.6 Å². The number of benzene rings is 1. The number of nitrogens with zero attached hydrogens (tertiary/aromatic N) is 4. The summed E-state index contributed by atoms with van der Waals surface area (Å²) in [5.74, 6) is -0.391. The smallest absolute Gasteiger partial charge is 0.302 e. The molecule has 4 heterocycles. The number of rotatable bonds is 6. The normalized spacial score (nSPS) is 27.5. The fourth-order valence-electron chi connectivity index (χ4n) is 4.17. The molecule has 9 nitrogen and oxygen atoms in total. The van der Waals surface area contributed by atoms with Crippen molar-refractivity contribution in [1.29, 1.82) is 0 Å². The van der Waals surface area contributed by atoms with E-state index in [0.717, 1.165) is 5.56 Å². The van der Waals surface area contributed by atoms with Crippen molar-refractivity contribution >= 4 is 28.7 Å². The summed E-state index contributed by atoms with van der Waals surface area (Å²) in [4.78, 5) is 24.2. The monoisotopic (exact) mass is 444 g/mol. The first-order valence-electron chi connectivity index (χ1n) is 9.97. The number of carbonyl (C=O) groups is 1. The molecular weight excluding hydrogens is 424 g/mol. The number of esters is 1. The Morgan fingerprint density at radius 3 is 2.94 bits per heavy atom. The van der Waals surface area contributed by atoms with Gasteiger partial charge >= 0.3 is 5.97 Å². The van der Waals surface area contributed by atoms with Gasteiger partial charge in [0.2, 0.25) is 0 Å². The Morgan fingerprint density at radius 2 is 2.13 bits per heavy atom. The zero-order valence-electron chi connectivity index (χ0n) is 16.8. The average molecular weight is 445 g/mol. The quantitative estimate of drug-likeness (QED) is 0.423. The molecule has 0 spiro atoms. The van der Waals surface area contributed by atoms with Crippen LogP contribution in [0.4, 0.5) is 0 Å². The van der Waals surface area contributed by atoms with Crippen LogP contribution in [-0.4, -0.2) is 56.5 Å². The third kappa shape index (κ3) is 3.78. The summed E-state index contributed by atoms with van der Waals surface area (Å²) in [5.41, 5.74) is 1.16. The van der Waals surface area contributed by atoms with Crippen molar-refractivity contribution < 1.29 is 23.7 Å². The standard InChI is InChI=1S/C21H21ClN4O5/c1-13(27)29-9-21-10-30-15(18(21)28-8-14-5-3-2-4-6-14)7-16(31-21)26-12-25-17-19(22)23-11-24-20(17)26/h2-6,11-12,15-16,18H,7-10H2,1H3/t15?,16-,18-,21-/m0/s1. The SMILES string of the molecule is CC(=O)OC[C@@]12COC(C[C@@H](n3cnc4c(Cl)ncnc43)O1)[C@@H]2OCc1ccccc1. The molecule has 31 heavy (non-hydrogen) atoms. The Bertz CT molecular complexity index is 1090. The first kappa shape index (κ1) is 20.3. The van der Waals surface area contributed by atoms with Crippen LogP contribution < -0.4 is 0 Å². The van der Waals surface area contributed by atoms with Gasteiger partial charge in [0.25, 0.3) is 0 Å². The van der Waals surface area contributed by atoms with Crippen LogP contribution in [0.3, 0.4) is 0 Å². The Kier molecular flexibility index (Phi) is 5.35. The lowest BCUT2D eigenvalue weighted by atomic mass is 9.91. The molecule has 0 amide bonds. The van der Waals surface area contributed by atoms with Crippen molar-refractivity contribution in [2.24, 2.45) is 0 Å². The molecule has 2 saturated heterocycles. The van der Waals surface area contributed by atoms with E-state index in [0.29, 0.717) is 24.2 Å². The van der Waals surface area contributed by atoms with Crippen LogP contribution in [0.15, 0.2) is 43.0 Å². The van der Waals surface area contributed by atoms with Crippen molar-refractivity contribution in [3.05, 3.63) is 53.7 Å². The molecule has 1 unspecified atom stereocenters. The maximum absolute atomic E-state index is 11.6. The van der Waals surface area contributed by atoms with Gasteiger partial charge in [0, 0.05) is 13.3 Å². The maximum atomic E-state index is 11.6. The largest absolute Gasteiger partial charge is 0.463 e. The van der Waals surface area contributed by atoms with Crippen molar-refractivity contribution in [3.63, 3.8) is 0 Å². The molecular formula is C21H21ClN4O5. The molecule has 0 N–H and O–H groups in total. The first-order chi connectivity index (χ1) is 15.1. The summed E-state index contributed by atoms with van der Waals surface area (Å²) in [6.45, 7) is 2.05. The second-order valence-electron chi connectivity index (χ2n) is 7.71. The van der Waals surface area contributed by atoms with Crippen molar-refractivity contribution in [2.45, 2.75) is 44.0 Å².